The van der Waals surface area contributed by atoms with Crippen LogP contribution in [0.15, 0.2) is 18.2 Å². The van der Waals surface area contributed by atoms with E-state index in [1.807, 2.05) is 18.2 Å². The largest absolute Gasteiger partial charge is 0.396 e. The minimum absolute atomic E-state index is 0.0812. The summed E-state index contributed by atoms with van der Waals surface area (Å²) in [5.41, 5.74) is 6.73. The molecule has 2 aromatic rings. The average molecular weight is 243 g/mol. The molecule has 1 heterocycles. The van der Waals surface area contributed by atoms with Gasteiger partial charge in [0, 0.05) is 11.6 Å². The van der Waals surface area contributed by atoms with Gasteiger partial charge in [0.2, 0.25) is 0 Å². The van der Waals surface area contributed by atoms with E-state index in [0.717, 1.165) is 15.2 Å². The summed E-state index contributed by atoms with van der Waals surface area (Å²) in [6, 6.07) is 5.40. The number of rotatable bonds is 3. The number of nitrogens with zero attached hydrogens (tertiary/aromatic N) is 1. The Bertz CT molecular complexity index is 471. The monoisotopic (exact) mass is 242 g/mol. The van der Waals surface area contributed by atoms with Crippen LogP contribution in [0.3, 0.4) is 0 Å². The maximum Gasteiger partial charge on any atom is 0.111 e. The number of hydrogen-bond donors (Lipinski definition) is 2. The molecule has 0 bridgehead atoms. The van der Waals surface area contributed by atoms with Gasteiger partial charge in [-0.05, 0) is 24.6 Å². The third-order valence-corrected chi connectivity index (χ3v) is 3.53. The van der Waals surface area contributed by atoms with Gasteiger partial charge in [-0.2, -0.15) is 0 Å². The normalized spacial score (nSPS) is 13.3. The molecular weight excluding hydrogens is 232 g/mol. The molecular formula is C10H11ClN2OS. The molecule has 0 fully saturated rings. The minimum atomic E-state index is -0.189. The first kappa shape index (κ1) is 10.8. The molecule has 1 aromatic carbocycles. The van der Waals surface area contributed by atoms with E-state index in [0.29, 0.717) is 11.4 Å². The molecule has 3 nitrogen and oxygen atoms in total. The number of aliphatic hydroxyl groups excluding tert-OH is 1. The van der Waals surface area contributed by atoms with Gasteiger partial charge in [0.05, 0.1) is 16.3 Å². The van der Waals surface area contributed by atoms with E-state index in [1.165, 1.54) is 0 Å². The molecule has 0 aliphatic heterocycles. The Balaban J connectivity index is 2.38. The Morgan fingerprint density at radius 3 is 3.07 bits per heavy atom. The maximum atomic E-state index is 8.79. The zero-order valence-electron chi connectivity index (χ0n) is 7.98. The number of halogens is 1. The van der Waals surface area contributed by atoms with Crippen molar-refractivity contribution in [2.75, 3.05) is 6.61 Å². The lowest BCUT2D eigenvalue weighted by atomic mass is 10.2. The molecule has 0 aliphatic rings. The first-order valence-corrected chi connectivity index (χ1v) is 5.82. The van der Waals surface area contributed by atoms with Gasteiger partial charge in [0.25, 0.3) is 0 Å². The lowest BCUT2D eigenvalue weighted by Gasteiger charge is -2.03. The topological polar surface area (TPSA) is 59.1 Å². The second kappa shape index (κ2) is 4.45. The summed E-state index contributed by atoms with van der Waals surface area (Å²) in [4.78, 5) is 4.39. The van der Waals surface area contributed by atoms with Crippen molar-refractivity contribution in [1.82, 2.24) is 4.98 Å². The number of benzene rings is 1. The molecule has 3 N–H and O–H groups in total. The molecule has 5 heteroatoms. The van der Waals surface area contributed by atoms with Crippen molar-refractivity contribution in [2.45, 2.75) is 12.5 Å². The SMILES string of the molecule is NC(CCO)c1nc2cc(Cl)ccc2s1. The van der Waals surface area contributed by atoms with Crippen LogP contribution < -0.4 is 5.73 Å². The summed E-state index contributed by atoms with van der Waals surface area (Å²) in [7, 11) is 0. The van der Waals surface area contributed by atoms with E-state index in [2.05, 4.69) is 4.98 Å². The van der Waals surface area contributed by atoms with Gasteiger partial charge >= 0.3 is 0 Å². The van der Waals surface area contributed by atoms with Crippen molar-refractivity contribution < 1.29 is 5.11 Å². The van der Waals surface area contributed by atoms with Crippen molar-refractivity contribution in [3.05, 3.63) is 28.2 Å². The minimum Gasteiger partial charge on any atom is -0.396 e. The fraction of sp³-hybridized carbons (Fsp3) is 0.300. The molecule has 1 aromatic heterocycles. The third kappa shape index (κ3) is 2.29. The highest BCUT2D eigenvalue weighted by Gasteiger charge is 2.11. The molecule has 2 rings (SSSR count). The predicted molar refractivity (Wildman–Crippen MR) is 63.3 cm³/mol. The second-order valence-corrected chi connectivity index (χ2v) is 4.78. The molecule has 1 atom stereocenters. The molecule has 0 saturated carbocycles. The van der Waals surface area contributed by atoms with Crippen LogP contribution in [0, 0.1) is 0 Å². The van der Waals surface area contributed by atoms with E-state index in [9.17, 15) is 0 Å². The van der Waals surface area contributed by atoms with E-state index in [4.69, 9.17) is 22.4 Å². The first-order valence-electron chi connectivity index (χ1n) is 4.63. The molecule has 0 radical (unpaired) electrons. The van der Waals surface area contributed by atoms with Gasteiger partial charge in [-0.15, -0.1) is 11.3 Å². The first-order chi connectivity index (χ1) is 7.20. The van der Waals surface area contributed by atoms with E-state index in [1.54, 1.807) is 11.3 Å². The Kier molecular flexibility index (Phi) is 3.21. The molecule has 15 heavy (non-hydrogen) atoms. The summed E-state index contributed by atoms with van der Waals surface area (Å²) in [6.45, 7) is 0.0812. The van der Waals surface area contributed by atoms with Crippen molar-refractivity contribution in [2.24, 2.45) is 5.73 Å². The average Bonchev–Trinajstić information content (AvgIpc) is 2.60. The number of hydrogen-bond acceptors (Lipinski definition) is 4. The summed E-state index contributed by atoms with van der Waals surface area (Å²) >= 11 is 7.41. The highest BCUT2D eigenvalue weighted by Crippen LogP contribution is 2.28. The predicted octanol–water partition coefficient (Wildman–Crippen LogP) is 2.33. The Morgan fingerprint density at radius 2 is 2.33 bits per heavy atom. The lowest BCUT2D eigenvalue weighted by Crippen LogP contribution is -2.11. The summed E-state index contributed by atoms with van der Waals surface area (Å²) in [5, 5.41) is 10.3. The van der Waals surface area contributed by atoms with Gasteiger partial charge in [-0.25, -0.2) is 4.98 Å². The number of thiazole rings is 1. The summed E-state index contributed by atoms with van der Waals surface area (Å²) in [6.07, 6.45) is 0.535. The third-order valence-electron chi connectivity index (χ3n) is 2.12. The van der Waals surface area contributed by atoms with Crippen LogP contribution in [0.1, 0.15) is 17.5 Å². The van der Waals surface area contributed by atoms with Crippen molar-refractivity contribution >= 4 is 33.2 Å². The van der Waals surface area contributed by atoms with Gasteiger partial charge in [-0.1, -0.05) is 11.6 Å². The second-order valence-electron chi connectivity index (χ2n) is 3.28. The molecule has 0 amide bonds. The number of aromatic nitrogens is 1. The highest BCUT2D eigenvalue weighted by atomic mass is 35.5. The van der Waals surface area contributed by atoms with Crippen LogP contribution in [0.25, 0.3) is 10.2 Å². The number of nitrogens with two attached hydrogens (primary N) is 1. The summed E-state index contributed by atoms with van der Waals surface area (Å²) in [5.74, 6) is 0. The van der Waals surface area contributed by atoms with Crippen molar-refractivity contribution in [3.8, 4) is 0 Å². The van der Waals surface area contributed by atoms with Crippen LogP contribution in [-0.4, -0.2) is 16.7 Å². The molecule has 0 spiro atoms. The molecule has 1 unspecified atom stereocenters. The van der Waals surface area contributed by atoms with Gasteiger partial charge in [0.15, 0.2) is 0 Å². The summed E-state index contributed by atoms with van der Waals surface area (Å²) < 4.78 is 1.07. The highest BCUT2D eigenvalue weighted by molar-refractivity contribution is 7.18. The van der Waals surface area contributed by atoms with Crippen LogP contribution in [-0.2, 0) is 0 Å². The van der Waals surface area contributed by atoms with Gasteiger partial charge < -0.3 is 10.8 Å². The van der Waals surface area contributed by atoms with Gasteiger partial charge in [0.1, 0.15) is 5.01 Å². The van der Waals surface area contributed by atoms with E-state index < -0.39 is 0 Å². The zero-order chi connectivity index (χ0) is 10.8. The quantitative estimate of drug-likeness (QED) is 0.869. The number of aliphatic hydroxyl groups is 1. The van der Waals surface area contributed by atoms with E-state index >= 15 is 0 Å². The van der Waals surface area contributed by atoms with E-state index in [-0.39, 0.29) is 12.6 Å². The Hall–Kier alpha value is -0.680. The molecule has 0 saturated heterocycles. The lowest BCUT2D eigenvalue weighted by molar-refractivity contribution is 0.276. The Morgan fingerprint density at radius 1 is 1.53 bits per heavy atom. The van der Waals surface area contributed by atoms with Crippen LogP contribution in [0.2, 0.25) is 5.02 Å². The Labute approximate surface area is 96.5 Å². The number of fused-ring (bicyclic) bond motifs is 1. The van der Waals surface area contributed by atoms with Crippen molar-refractivity contribution in [1.29, 1.82) is 0 Å². The maximum absolute atomic E-state index is 8.79. The smallest absolute Gasteiger partial charge is 0.111 e. The van der Waals surface area contributed by atoms with Gasteiger partial charge in [-0.3, -0.25) is 0 Å². The standard InChI is InChI=1S/C10H11ClN2OS/c11-6-1-2-9-8(5-6)13-10(15-9)7(12)3-4-14/h1-2,5,7,14H,3-4,12H2. The van der Waals surface area contributed by atoms with Crippen LogP contribution >= 0.6 is 22.9 Å². The van der Waals surface area contributed by atoms with Crippen molar-refractivity contribution in [3.63, 3.8) is 0 Å². The van der Waals surface area contributed by atoms with Crippen LogP contribution in [0.4, 0.5) is 0 Å². The molecule has 80 valence electrons. The fourth-order valence-electron chi connectivity index (χ4n) is 1.34. The molecule has 0 aliphatic carbocycles. The zero-order valence-corrected chi connectivity index (χ0v) is 9.55. The van der Waals surface area contributed by atoms with Crippen LogP contribution in [0.5, 0.6) is 0 Å². The fourth-order valence-corrected chi connectivity index (χ4v) is 2.49.